The number of halogens is 1. The molecule has 0 unspecified atom stereocenters. The first-order chi connectivity index (χ1) is 11.3. The molecule has 0 saturated carbocycles. The van der Waals surface area contributed by atoms with Crippen molar-refractivity contribution >= 4 is 11.6 Å². The monoisotopic (exact) mass is 328 g/mol. The third-order valence-electron chi connectivity index (χ3n) is 3.93. The quantitative estimate of drug-likeness (QED) is 0.677. The predicted octanol–water partition coefficient (Wildman–Crippen LogP) is 5.63. The highest BCUT2D eigenvalue weighted by atomic mass is 35.5. The molecule has 1 heterocycles. The van der Waals surface area contributed by atoms with Crippen molar-refractivity contribution in [2.75, 3.05) is 13.2 Å². The van der Waals surface area contributed by atoms with Gasteiger partial charge in [-0.2, -0.15) is 0 Å². The Kier molecular flexibility index (Phi) is 5.50. The van der Waals surface area contributed by atoms with Gasteiger partial charge in [0.2, 0.25) is 0 Å². The van der Waals surface area contributed by atoms with Gasteiger partial charge in [0.1, 0.15) is 0 Å². The van der Waals surface area contributed by atoms with Crippen LogP contribution in [-0.4, -0.2) is 13.2 Å². The van der Waals surface area contributed by atoms with E-state index in [2.05, 4.69) is 43.3 Å². The first-order valence-corrected chi connectivity index (χ1v) is 8.40. The van der Waals surface area contributed by atoms with Crippen LogP contribution < -0.4 is 0 Å². The molecule has 0 bridgehead atoms. The van der Waals surface area contributed by atoms with Crippen LogP contribution in [0.4, 0.5) is 0 Å². The van der Waals surface area contributed by atoms with E-state index >= 15 is 0 Å². The average Bonchev–Trinajstić information content (AvgIpc) is 2.61. The lowest BCUT2D eigenvalue weighted by atomic mass is 10.0. The molecule has 0 aliphatic carbocycles. The van der Waals surface area contributed by atoms with Gasteiger partial charge in [-0.25, -0.2) is 0 Å². The fourth-order valence-electron chi connectivity index (χ4n) is 2.63. The van der Waals surface area contributed by atoms with E-state index in [1.165, 1.54) is 0 Å². The number of hydrogen-bond acceptors (Lipinski definition) is 2. The second-order valence-corrected chi connectivity index (χ2v) is 6.16. The molecule has 1 aliphatic rings. The van der Waals surface area contributed by atoms with Gasteiger partial charge in [0.05, 0.1) is 13.2 Å². The van der Waals surface area contributed by atoms with Crippen molar-refractivity contribution < 1.29 is 9.47 Å². The Morgan fingerprint density at radius 1 is 0.957 bits per heavy atom. The van der Waals surface area contributed by atoms with E-state index in [1.54, 1.807) is 0 Å². The summed E-state index contributed by atoms with van der Waals surface area (Å²) in [5, 5.41) is 0.751. The SMILES string of the molecule is CC/C=C/C1COC(c2ccc(-c3ccc(Cl)cc3)cc2)OC1. The third kappa shape index (κ3) is 4.23. The summed E-state index contributed by atoms with van der Waals surface area (Å²) in [6, 6.07) is 16.2. The Balaban J connectivity index is 1.64. The van der Waals surface area contributed by atoms with E-state index < -0.39 is 0 Å². The van der Waals surface area contributed by atoms with Crippen molar-refractivity contribution in [1.82, 2.24) is 0 Å². The Bertz CT molecular complexity index is 638. The fraction of sp³-hybridized carbons (Fsp3) is 0.300. The smallest absolute Gasteiger partial charge is 0.183 e. The van der Waals surface area contributed by atoms with Crippen molar-refractivity contribution in [2.45, 2.75) is 19.6 Å². The third-order valence-corrected chi connectivity index (χ3v) is 4.18. The van der Waals surface area contributed by atoms with Gasteiger partial charge in [0.15, 0.2) is 6.29 Å². The number of ether oxygens (including phenoxy) is 2. The van der Waals surface area contributed by atoms with Gasteiger partial charge in [-0.1, -0.05) is 67.1 Å². The average molecular weight is 329 g/mol. The molecule has 3 rings (SSSR count). The Morgan fingerprint density at radius 3 is 2.09 bits per heavy atom. The summed E-state index contributed by atoms with van der Waals surface area (Å²) in [4.78, 5) is 0. The molecule has 1 saturated heterocycles. The lowest BCUT2D eigenvalue weighted by Gasteiger charge is -2.28. The first kappa shape index (κ1) is 16.3. The van der Waals surface area contributed by atoms with E-state index in [0.29, 0.717) is 19.1 Å². The van der Waals surface area contributed by atoms with Crippen molar-refractivity contribution in [1.29, 1.82) is 0 Å². The molecule has 0 atom stereocenters. The molecular weight excluding hydrogens is 308 g/mol. The maximum absolute atomic E-state index is 5.93. The lowest BCUT2D eigenvalue weighted by molar-refractivity contribution is -0.197. The second-order valence-electron chi connectivity index (χ2n) is 5.72. The summed E-state index contributed by atoms with van der Waals surface area (Å²) in [6.45, 7) is 3.55. The highest BCUT2D eigenvalue weighted by molar-refractivity contribution is 6.30. The molecule has 23 heavy (non-hydrogen) atoms. The van der Waals surface area contributed by atoms with E-state index in [1.807, 2.05) is 24.3 Å². The van der Waals surface area contributed by atoms with Crippen LogP contribution >= 0.6 is 11.6 Å². The van der Waals surface area contributed by atoms with Gasteiger partial charge < -0.3 is 9.47 Å². The largest absolute Gasteiger partial charge is 0.348 e. The number of rotatable bonds is 4. The summed E-state index contributed by atoms with van der Waals surface area (Å²) in [7, 11) is 0. The molecule has 2 aromatic carbocycles. The second kappa shape index (κ2) is 7.78. The van der Waals surface area contributed by atoms with Gasteiger partial charge in [0.25, 0.3) is 0 Å². The molecule has 0 spiro atoms. The number of allylic oxidation sites excluding steroid dienone is 1. The van der Waals surface area contributed by atoms with Crippen LogP contribution in [0.15, 0.2) is 60.7 Å². The number of benzene rings is 2. The van der Waals surface area contributed by atoms with Crippen molar-refractivity contribution in [3.05, 3.63) is 71.3 Å². The zero-order valence-corrected chi connectivity index (χ0v) is 14.0. The maximum Gasteiger partial charge on any atom is 0.183 e. The van der Waals surface area contributed by atoms with Gasteiger partial charge in [-0.15, -0.1) is 0 Å². The van der Waals surface area contributed by atoms with Gasteiger partial charge in [-0.3, -0.25) is 0 Å². The van der Waals surface area contributed by atoms with Crippen LogP contribution in [-0.2, 0) is 9.47 Å². The predicted molar refractivity (Wildman–Crippen MR) is 94.5 cm³/mol. The molecule has 2 nitrogen and oxygen atoms in total. The summed E-state index contributed by atoms with van der Waals surface area (Å²) >= 11 is 5.93. The minimum absolute atomic E-state index is 0.263. The van der Waals surface area contributed by atoms with Gasteiger partial charge in [-0.05, 0) is 29.7 Å². The summed E-state index contributed by atoms with van der Waals surface area (Å²) in [5.74, 6) is 0.361. The van der Waals surface area contributed by atoms with Crippen molar-refractivity contribution in [3.8, 4) is 11.1 Å². The molecule has 2 aromatic rings. The minimum atomic E-state index is -0.263. The number of hydrogen-bond donors (Lipinski definition) is 0. The normalized spacial score (nSPS) is 21.7. The summed E-state index contributed by atoms with van der Waals surface area (Å²) in [6.07, 6.45) is 5.13. The van der Waals surface area contributed by atoms with E-state index in [9.17, 15) is 0 Å². The van der Waals surface area contributed by atoms with Gasteiger partial charge >= 0.3 is 0 Å². The molecule has 0 aromatic heterocycles. The molecule has 0 radical (unpaired) electrons. The maximum atomic E-state index is 5.93. The Labute approximate surface area is 142 Å². The van der Waals surface area contributed by atoms with E-state index in [-0.39, 0.29) is 6.29 Å². The highest BCUT2D eigenvalue weighted by Crippen LogP contribution is 2.28. The van der Waals surface area contributed by atoms with E-state index in [0.717, 1.165) is 28.1 Å². The van der Waals surface area contributed by atoms with Crippen LogP contribution in [0.1, 0.15) is 25.2 Å². The van der Waals surface area contributed by atoms with Crippen LogP contribution in [0.5, 0.6) is 0 Å². The van der Waals surface area contributed by atoms with E-state index in [4.69, 9.17) is 21.1 Å². The van der Waals surface area contributed by atoms with Crippen LogP contribution in [0, 0.1) is 5.92 Å². The minimum Gasteiger partial charge on any atom is -0.348 e. The Morgan fingerprint density at radius 2 is 1.52 bits per heavy atom. The zero-order chi connectivity index (χ0) is 16.1. The highest BCUT2D eigenvalue weighted by Gasteiger charge is 2.21. The van der Waals surface area contributed by atoms with Crippen LogP contribution in [0.25, 0.3) is 11.1 Å². The molecule has 0 N–H and O–H groups in total. The molecule has 1 aliphatic heterocycles. The molecule has 120 valence electrons. The van der Waals surface area contributed by atoms with Crippen LogP contribution in [0.2, 0.25) is 5.02 Å². The lowest BCUT2D eigenvalue weighted by Crippen LogP contribution is -2.25. The first-order valence-electron chi connectivity index (χ1n) is 8.02. The molecular formula is C20H21ClO2. The van der Waals surface area contributed by atoms with Crippen molar-refractivity contribution in [2.24, 2.45) is 5.92 Å². The molecule has 3 heteroatoms. The van der Waals surface area contributed by atoms with Crippen LogP contribution in [0.3, 0.4) is 0 Å². The zero-order valence-electron chi connectivity index (χ0n) is 13.2. The summed E-state index contributed by atoms with van der Waals surface area (Å²) < 4.78 is 11.7. The van der Waals surface area contributed by atoms with Gasteiger partial charge in [0, 0.05) is 16.5 Å². The topological polar surface area (TPSA) is 18.5 Å². The molecule has 1 fully saturated rings. The Hall–Kier alpha value is -1.61. The fourth-order valence-corrected chi connectivity index (χ4v) is 2.75. The molecule has 0 amide bonds. The standard InChI is InChI=1S/C20H21ClO2/c1-2-3-4-15-13-22-20(23-14-15)18-7-5-16(6-8-18)17-9-11-19(21)12-10-17/h3-12,15,20H,2,13-14H2,1H3/b4-3+. The summed E-state index contributed by atoms with van der Waals surface area (Å²) in [5.41, 5.74) is 3.36. The van der Waals surface area contributed by atoms with Crippen molar-refractivity contribution in [3.63, 3.8) is 0 Å².